The van der Waals surface area contributed by atoms with E-state index in [9.17, 15) is 4.79 Å². The Morgan fingerprint density at radius 3 is 2.77 bits per heavy atom. The average Bonchev–Trinajstić information content (AvgIpc) is 2.45. The molecule has 0 aliphatic heterocycles. The fraction of sp³-hybridized carbons (Fsp3) is 0.412. The molecule has 0 aliphatic carbocycles. The number of benzene rings is 1. The van der Waals surface area contributed by atoms with Gasteiger partial charge in [0.1, 0.15) is 16.9 Å². The van der Waals surface area contributed by atoms with Crippen molar-refractivity contribution in [2.75, 3.05) is 13.2 Å². The Morgan fingerprint density at radius 2 is 2.00 bits per heavy atom. The first-order valence-electron chi connectivity index (χ1n) is 7.39. The molecule has 2 rings (SSSR count). The number of hydrogen-bond donors (Lipinski definition) is 1. The van der Waals surface area contributed by atoms with Crippen molar-refractivity contribution in [2.24, 2.45) is 0 Å². The molecule has 0 bridgehead atoms. The van der Waals surface area contributed by atoms with Gasteiger partial charge in [-0.15, -0.1) is 0 Å². The maximum absolute atomic E-state index is 11.5. The van der Waals surface area contributed by atoms with Crippen LogP contribution in [0.5, 0.6) is 5.75 Å². The van der Waals surface area contributed by atoms with Gasteiger partial charge in [-0.05, 0) is 39.3 Å². The van der Waals surface area contributed by atoms with Crippen LogP contribution in [-0.4, -0.2) is 29.8 Å². The summed E-state index contributed by atoms with van der Waals surface area (Å²) in [5.41, 5.74) is 0.375. The number of carbonyl (C=O) groups excluding carboxylic acids is 1. The van der Waals surface area contributed by atoms with E-state index in [0.29, 0.717) is 19.6 Å². The summed E-state index contributed by atoms with van der Waals surface area (Å²) in [5.74, 6) is 0.760. The van der Waals surface area contributed by atoms with E-state index in [2.05, 4.69) is 10.3 Å². The van der Waals surface area contributed by atoms with Gasteiger partial charge in [0, 0.05) is 18.1 Å². The highest BCUT2D eigenvalue weighted by molar-refractivity contribution is 5.84. The molecule has 0 atom stereocenters. The van der Waals surface area contributed by atoms with Crippen molar-refractivity contribution in [3.8, 4) is 5.75 Å². The molecule has 0 fully saturated rings. The number of nitrogens with one attached hydrogen (secondary N) is 1. The van der Waals surface area contributed by atoms with Crippen LogP contribution >= 0.6 is 0 Å². The number of alkyl carbamates (subject to hydrolysis) is 1. The molecule has 0 aliphatic rings. The van der Waals surface area contributed by atoms with Gasteiger partial charge in [0.15, 0.2) is 0 Å². The summed E-state index contributed by atoms with van der Waals surface area (Å²) in [7, 11) is 0. The molecule has 1 N–H and O–H groups in total. The number of para-hydroxylation sites is 1. The van der Waals surface area contributed by atoms with Crippen LogP contribution in [0.4, 0.5) is 4.79 Å². The summed E-state index contributed by atoms with van der Waals surface area (Å²) < 4.78 is 10.9. The minimum atomic E-state index is -0.477. The molecule has 1 amide bonds. The van der Waals surface area contributed by atoms with E-state index < -0.39 is 11.7 Å². The van der Waals surface area contributed by atoms with E-state index >= 15 is 0 Å². The van der Waals surface area contributed by atoms with E-state index in [1.165, 1.54) is 0 Å². The number of fused-ring (bicyclic) bond motifs is 1. The van der Waals surface area contributed by atoms with E-state index in [1.54, 1.807) is 6.20 Å². The van der Waals surface area contributed by atoms with Crippen molar-refractivity contribution in [3.05, 3.63) is 36.5 Å². The molecule has 5 heteroatoms. The molecule has 0 saturated heterocycles. The predicted molar refractivity (Wildman–Crippen MR) is 86.1 cm³/mol. The van der Waals surface area contributed by atoms with Crippen LogP contribution in [0.3, 0.4) is 0 Å². The maximum Gasteiger partial charge on any atom is 0.407 e. The van der Waals surface area contributed by atoms with Gasteiger partial charge in [0.25, 0.3) is 0 Å². The molecule has 22 heavy (non-hydrogen) atoms. The first-order chi connectivity index (χ1) is 10.5. The molecule has 5 nitrogen and oxygen atoms in total. The minimum absolute atomic E-state index is 0.403. The van der Waals surface area contributed by atoms with Gasteiger partial charge in [-0.25, -0.2) is 4.79 Å². The highest BCUT2D eigenvalue weighted by Crippen LogP contribution is 2.22. The van der Waals surface area contributed by atoms with Gasteiger partial charge < -0.3 is 14.8 Å². The second kappa shape index (κ2) is 7.11. The summed E-state index contributed by atoms with van der Waals surface area (Å²) in [4.78, 5) is 15.8. The zero-order valence-electron chi connectivity index (χ0n) is 13.3. The first kappa shape index (κ1) is 16.1. The Kier molecular flexibility index (Phi) is 5.20. The molecule has 1 aromatic heterocycles. The van der Waals surface area contributed by atoms with Crippen molar-refractivity contribution in [1.82, 2.24) is 10.3 Å². The number of nitrogens with zero attached hydrogens (tertiary/aromatic N) is 1. The van der Waals surface area contributed by atoms with Gasteiger partial charge in [-0.3, -0.25) is 4.98 Å². The number of rotatable bonds is 5. The third-order valence-electron chi connectivity index (χ3n) is 2.84. The SMILES string of the molecule is CC(C)(C)OC(=O)NCCCOc1cccc2cccnc12. The van der Waals surface area contributed by atoms with Crippen molar-refractivity contribution >= 4 is 17.0 Å². The van der Waals surface area contributed by atoms with Crippen molar-refractivity contribution in [1.29, 1.82) is 0 Å². The van der Waals surface area contributed by atoms with Crippen LogP contribution in [0.25, 0.3) is 10.9 Å². The third kappa shape index (κ3) is 4.91. The molecular formula is C17H22N2O3. The Bertz CT molecular complexity index is 630. The Morgan fingerprint density at radius 1 is 1.23 bits per heavy atom. The molecule has 0 radical (unpaired) electrons. The summed E-state index contributed by atoms with van der Waals surface area (Å²) in [6.07, 6.45) is 2.04. The quantitative estimate of drug-likeness (QED) is 0.858. The average molecular weight is 302 g/mol. The molecule has 2 aromatic rings. The summed E-state index contributed by atoms with van der Waals surface area (Å²) in [6.45, 7) is 6.52. The van der Waals surface area contributed by atoms with Gasteiger partial charge in [-0.1, -0.05) is 18.2 Å². The largest absolute Gasteiger partial charge is 0.491 e. The van der Waals surface area contributed by atoms with E-state index in [1.807, 2.05) is 51.1 Å². The molecule has 118 valence electrons. The molecule has 1 aromatic carbocycles. The lowest BCUT2D eigenvalue weighted by atomic mass is 10.2. The second-order valence-corrected chi connectivity index (χ2v) is 5.96. The van der Waals surface area contributed by atoms with Crippen molar-refractivity contribution in [3.63, 3.8) is 0 Å². The smallest absolute Gasteiger partial charge is 0.407 e. The monoisotopic (exact) mass is 302 g/mol. The van der Waals surface area contributed by atoms with Gasteiger partial charge in [0.05, 0.1) is 6.61 Å². The number of amides is 1. The minimum Gasteiger partial charge on any atom is -0.491 e. The Balaban J connectivity index is 1.76. The molecule has 0 saturated carbocycles. The highest BCUT2D eigenvalue weighted by atomic mass is 16.6. The summed E-state index contributed by atoms with van der Waals surface area (Å²) in [6, 6.07) is 9.74. The number of hydrogen-bond acceptors (Lipinski definition) is 4. The summed E-state index contributed by atoms with van der Waals surface area (Å²) >= 11 is 0. The molecule has 0 spiro atoms. The van der Waals surface area contributed by atoms with Crippen LogP contribution < -0.4 is 10.1 Å². The third-order valence-corrected chi connectivity index (χ3v) is 2.84. The van der Waals surface area contributed by atoms with Crippen LogP contribution in [0, 0.1) is 0 Å². The van der Waals surface area contributed by atoms with E-state index in [4.69, 9.17) is 9.47 Å². The number of carbonyl (C=O) groups is 1. The maximum atomic E-state index is 11.5. The van der Waals surface area contributed by atoms with Crippen LogP contribution in [0.2, 0.25) is 0 Å². The summed E-state index contributed by atoms with van der Waals surface area (Å²) in [5, 5.41) is 3.75. The fourth-order valence-electron chi connectivity index (χ4n) is 1.95. The zero-order chi connectivity index (χ0) is 16.0. The van der Waals surface area contributed by atoms with E-state index in [-0.39, 0.29) is 0 Å². The van der Waals surface area contributed by atoms with Gasteiger partial charge in [0.2, 0.25) is 0 Å². The van der Waals surface area contributed by atoms with Gasteiger partial charge in [-0.2, -0.15) is 0 Å². The topological polar surface area (TPSA) is 60.5 Å². The van der Waals surface area contributed by atoms with E-state index in [0.717, 1.165) is 16.7 Å². The second-order valence-electron chi connectivity index (χ2n) is 5.96. The van der Waals surface area contributed by atoms with Gasteiger partial charge >= 0.3 is 6.09 Å². The lowest BCUT2D eigenvalue weighted by molar-refractivity contribution is 0.0525. The zero-order valence-corrected chi connectivity index (χ0v) is 13.3. The van der Waals surface area contributed by atoms with Crippen molar-refractivity contribution < 1.29 is 14.3 Å². The lowest BCUT2D eigenvalue weighted by Crippen LogP contribution is -2.33. The number of pyridine rings is 1. The standard InChI is InChI=1S/C17H22N2O3/c1-17(2,3)22-16(20)19-11-6-12-21-14-9-4-7-13-8-5-10-18-15(13)14/h4-5,7-10H,6,11-12H2,1-3H3,(H,19,20). The first-order valence-corrected chi connectivity index (χ1v) is 7.39. The Labute approximate surface area is 130 Å². The highest BCUT2D eigenvalue weighted by Gasteiger charge is 2.15. The predicted octanol–water partition coefficient (Wildman–Crippen LogP) is 3.53. The van der Waals surface area contributed by atoms with Crippen LogP contribution in [-0.2, 0) is 4.74 Å². The molecule has 0 unspecified atom stereocenters. The van der Waals surface area contributed by atoms with Crippen molar-refractivity contribution in [2.45, 2.75) is 32.8 Å². The normalized spacial score (nSPS) is 11.2. The molecule has 1 heterocycles. The fourth-order valence-corrected chi connectivity index (χ4v) is 1.95. The number of ether oxygens (including phenoxy) is 2. The Hall–Kier alpha value is -2.30. The van der Waals surface area contributed by atoms with Crippen LogP contribution in [0.1, 0.15) is 27.2 Å². The molecular weight excluding hydrogens is 280 g/mol. The number of aromatic nitrogens is 1. The van der Waals surface area contributed by atoms with Crippen LogP contribution in [0.15, 0.2) is 36.5 Å². The lowest BCUT2D eigenvalue weighted by Gasteiger charge is -2.19.